The summed E-state index contributed by atoms with van der Waals surface area (Å²) in [4.78, 5) is 24.1. The molecule has 35 heavy (non-hydrogen) atoms. The average Bonchev–Trinajstić information content (AvgIpc) is 2.87. The van der Waals surface area contributed by atoms with Gasteiger partial charge in [-0.2, -0.15) is 5.10 Å². The Morgan fingerprint density at radius 2 is 1.71 bits per heavy atom. The monoisotopic (exact) mass is 515 g/mol. The van der Waals surface area contributed by atoms with Crippen LogP contribution in [0.15, 0.2) is 82.8 Å². The van der Waals surface area contributed by atoms with Crippen LogP contribution in [-0.2, 0) is 19.6 Å². The first-order chi connectivity index (χ1) is 16.7. The Labute approximate surface area is 208 Å². The maximum atomic E-state index is 13.4. The molecule has 1 N–H and O–H groups in total. The number of methoxy groups -OCH3 is 2. The molecular weight excluding hydrogens is 494 g/mol. The lowest BCUT2D eigenvalue weighted by Crippen LogP contribution is -2.39. The number of benzene rings is 3. The highest BCUT2D eigenvalue weighted by Crippen LogP contribution is 2.27. The van der Waals surface area contributed by atoms with E-state index in [9.17, 15) is 18.0 Å². The number of esters is 1. The van der Waals surface area contributed by atoms with E-state index in [0.29, 0.717) is 21.9 Å². The lowest BCUT2D eigenvalue weighted by molar-refractivity contribution is -0.119. The van der Waals surface area contributed by atoms with Crippen LogP contribution < -0.4 is 14.5 Å². The molecule has 0 aliphatic carbocycles. The first kappa shape index (κ1) is 25.7. The van der Waals surface area contributed by atoms with Crippen molar-refractivity contribution >= 4 is 45.4 Å². The molecule has 0 unspecified atom stereocenters. The van der Waals surface area contributed by atoms with Crippen molar-refractivity contribution in [2.45, 2.75) is 4.90 Å². The van der Waals surface area contributed by atoms with Crippen molar-refractivity contribution in [3.63, 3.8) is 0 Å². The molecular formula is C24H22ClN3O6S. The number of carbonyl (C=O) groups excluding carboxylic acids is 2. The largest absolute Gasteiger partial charge is 0.497 e. The number of hydrazone groups is 1. The zero-order chi connectivity index (χ0) is 25.4. The molecule has 0 fully saturated rings. The Kier molecular flexibility index (Phi) is 8.45. The molecule has 3 rings (SSSR count). The molecule has 182 valence electrons. The van der Waals surface area contributed by atoms with E-state index < -0.39 is 28.4 Å². The Bertz CT molecular complexity index is 1330. The van der Waals surface area contributed by atoms with E-state index in [1.165, 1.54) is 56.8 Å². The van der Waals surface area contributed by atoms with E-state index in [1.807, 2.05) is 0 Å². The highest BCUT2D eigenvalue weighted by Gasteiger charge is 2.27. The van der Waals surface area contributed by atoms with Gasteiger partial charge < -0.3 is 9.47 Å². The molecule has 9 nitrogen and oxygen atoms in total. The number of hydrogen-bond acceptors (Lipinski definition) is 7. The summed E-state index contributed by atoms with van der Waals surface area (Å²) >= 11 is 6.06. The van der Waals surface area contributed by atoms with Gasteiger partial charge in [-0.1, -0.05) is 29.8 Å². The second kappa shape index (κ2) is 11.5. The third kappa shape index (κ3) is 6.58. The number of carbonyl (C=O) groups is 2. The minimum absolute atomic E-state index is 0.0275. The van der Waals surface area contributed by atoms with Crippen LogP contribution in [0.1, 0.15) is 15.9 Å². The first-order valence-corrected chi connectivity index (χ1v) is 12.0. The van der Waals surface area contributed by atoms with Crippen molar-refractivity contribution in [3.05, 3.63) is 88.9 Å². The predicted octanol–water partition coefficient (Wildman–Crippen LogP) is 3.48. The summed E-state index contributed by atoms with van der Waals surface area (Å²) in [6.45, 7) is -0.548. The number of hydrogen-bond donors (Lipinski definition) is 1. The van der Waals surface area contributed by atoms with Crippen molar-refractivity contribution in [2.24, 2.45) is 5.10 Å². The fraction of sp³-hybridized carbons (Fsp3) is 0.125. The van der Waals surface area contributed by atoms with Crippen LogP contribution in [-0.4, -0.2) is 47.3 Å². The van der Waals surface area contributed by atoms with Crippen molar-refractivity contribution < 1.29 is 27.5 Å². The fourth-order valence-corrected chi connectivity index (χ4v) is 4.59. The molecule has 0 saturated heterocycles. The Morgan fingerprint density at radius 1 is 1.03 bits per heavy atom. The van der Waals surface area contributed by atoms with E-state index in [0.717, 1.165) is 4.31 Å². The number of halogens is 1. The topological polar surface area (TPSA) is 114 Å². The molecule has 11 heteroatoms. The normalized spacial score (nSPS) is 11.2. The highest BCUT2D eigenvalue weighted by atomic mass is 35.5. The third-order valence-electron chi connectivity index (χ3n) is 4.77. The minimum atomic E-state index is -4.12. The van der Waals surface area contributed by atoms with E-state index in [-0.39, 0.29) is 10.6 Å². The number of nitrogens with one attached hydrogen (secondary N) is 1. The van der Waals surface area contributed by atoms with Gasteiger partial charge in [-0.05, 0) is 60.2 Å². The van der Waals surface area contributed by atoms with Crippen molar-refractivity contribution in [3.8, 4) is 5.75 Å². The van der Waals surface area contributed by atoms with Crippen LogP contribution in [0.25, 0.3) is 0 Å². The molecule has 0 radical (unpaired) electrons. The average molecular weight is 516 g/mol. The summed E-state index contributed by atoms with van der Waals surface area (Å²) in [5.41, 5.74) is 3.51. The van der Waals surface area contributed by atoms with E-state index in [4.69, 9.17) is 16.3 Å². The SMILES string of the molecule is COC(=O)c1ccc(/C=N\NC(=O)CN(c2cccc(Cl)c2)S(=O)(=O)c2ccc(OC)cc2)cc1. The standard InChI is InChI=1S/C24H22ClN3O6S/c1-33-21-10-12-22(13-11-21)35(31,32)28(20-5-3-4-19(25)14-20)16-23(29)27-26-15-17-6-8-18(9-7-17)24(30)34-2/h3-15H,16H2,1-2H3,(H,27,29)/b26-15-. The molecule has 1 amide bonds. The number of rotatable bonds is 9. The van der Waals surface area contributed by atoms with Crippen molar-refractivity contribution in [1.82, 2.24) is 5.43 Å². The molecule has 0 heterocycles. The maximum Gasteiger partial charge on any atom is 0.337 e. The second-order valence-corrected chi connectivity index (χ2v) is 9.37. The number of amides is 1. The Morgan fingerprint density at radius 3 is 2.31 bits per heavy atom. The molecule has 3 aromatic carbocycles. The predicted molar refractivity (Wildman–Crippen MR) is 132 cm³/mol. The van der Waals surface area contributed by atoms with Gasteiger partial charge in [0.1, 0.15) is 12.3 Å². The van der Waals surface area contributed by atoms with Crippen LogP contribution in [0.4, 0.5) is 5.69 Å². The number of nitrogens with zero attached hydrogens (tertiary/aromatic N) is 2. The summed E-state index contributed by atoms with van der Waals surface area (Å²) in [5.74, 6) is -0.657. The van der Waals surface area contributed by atoms with Gasteiger partial charge in [0.2, 0.25) is 0 Å². The Hall–Kier alpha value is -3.89. The van der Waals surface area contributed by atoms with Crippen LogP contribution in [0.2, 0.25) is 5.02 Å². The number of anilines is 1. The van der Waals surface area contributed by atoms with Gasteiger partial charge in [-0.3, -0.25) is 9.10 Å². The fourth-order valence-electron chi connectivity index (χ4n) is 2.99. The molecule has 0 spiro atoms. The summed E-state index contributed by atoms with van der Waals surface area (Å²) < 4.78 is 37.4. The van der Waals surface area contributed by atoms with Crippen LogP contribution in [0.5, 0.6) is 5.75 Å². The molecule has 0 saturated carbocycles. The maximum absolute atomic E-state index is 13.4. The van der Waals surface area contributed by atoms with Gasteiger partial charge in [-0.15, -0.1) is 0 Å². The second-order valence-electron chi connectivity index (χ2n) is 7.07. The zero-order valence-corrected chi connectivity index (χ0v) is 20.4. The number of ether oxygens (including phenoxy) is 2. The summed E-state index contributed by atoms with van der Waals surface area (Å²) in [5, 5.41) is 4.18. The van der Waals surface area contributed by atoms with E-state index in [2.05, 4.69) is 15.3 Å². The molecule has 0 bridgehead atoms. The van der Waals surface area contributed by atoms with Crippen molar-refractivity contribution in [1.29, 1.82) is 0 Å². The highest BCUT2D eigenvalue weighted by molar-refractivity contribution is 7.92. The van der Waals surface area contributed by atoms with Crippen LogP contribution in [0.3, 0.4) is 0 Å². The van der Waals surface area contributed by atoms with Gasteiger partial charge >= 0.3 is 5.97 Å². The molecule has 3 aromatic rings. The van der Waals surface area contributed by atoms with Crippen LogP contribution in [0, 0.1) is 0 Å². The van der Waals surface area contributed by atoms with E-state index in [1.54, 1.807) is 36.4 Å². The first-order valence-electron chi connectivity index (χ1n) is 10.2. The lowest BCUT2D eigenvalue weighted by atomic mass is 10.1. The quantitative estimate of drug-likeness (QED) is 0.265. The third-order valence-corrected chi connectivity index (χ3v) is 6.79. The molecule has 0 aliphatic heterocycles. The van der Waals surface area contributed by atoms with Gasteiger partial charge in [0.15, 0.2) is 0 Å². The summed E-state index contributed by atoms with van der Waals surface area (Å²) in [6.07, 6.45) is 1.36. The van der Waals surface area contributed by atoms with Crippen LogP contribution >= 0.6 is 11.6 Å². The summed E-state index contributed by atoms with van der Waals surface area (Å²) in [7, 11) is -1.36. The van der Waals surface area contributed by atoms with Crippen molar-refractivity contribution in [2.75, 3.05) is 25.1 Å². The Balaban J connectivity index is 1.79. The van der Waals surface area contributed by atoms with Gasteiger partial charge in [0.25, 0.3) is 15.9 Å². The smallest absolute Gasteiger partial charge is 0.337 e. The summed E-state index contributed by atoms with van der Waals surface area (Å²) in [6, 6.07) is 18.3. The molecule has 0 aliphatic rings. The number of sulfonamides is 1. The van der Waals surface area contributed by atoms with E-state index >= 15 is 0 Å². The van der Waals surface area contributed by atoms with Gasteiger partial charge in [0.05, 0.1) is 36.6 Å². The minimum Gasteiger partial charge on any atom is -0.497 e. The zero-order valence-electron chi connectivity index (χ0n) is 18.8. The van der Waals surface area contributed by atoms with Gasteiger partial charge in [-0.25, -0.2) is 18.6 Å². The molecule has 0 aromatic heterocycles. The lowest BCUT2D eigenvalue weighted by Gasteiger charge is -2.24. The van der Waals surface area contributed by atoms with Gasteiger partial charge in [0, 0.05) is 5.02 Å². The molecule has 0 atom stereocenters.